The molecule has 0 radical (unpaired) electrons. The van der Waals surface area contributed by atoms with E-state index in [4.69, 9.17) is 26.0 Å². The molecule has 1 saturated carbocycles. The summed E-state index contributed by atoms with van der Waals surface area (Å²) in [5.74, 6) is 2.98. The van der Waals surface area contributed by atoms with Crippen molar-refractivity contribution in [3.8, 4) is 11.5 Å². The van der Waals surface area contributed by atoms with E-state index >= 15 is 0 Å². The number of methoxy groups -OCH3 is 2. The van der Waals surface area contributed by atoms with Crippen LogP contribution >= 0.6 is 11.3 Å². The first-order chi connectivity index (χ1) is 13.6. The molecule has 0 amide bonds. The molecule has 1 aliphatic carbocycles. The van der Waals surface area contributed by atoms with Gasteiger partial charge in [-0.1, -0.05) is 6.07 Å². The first-order valence-corrected chi connectivity index (χ1v) is 10.1. The third-order valence-corrected chi connectivity index (χ3v) is 6.25. The third kappa shape index (κ3) is 3.36. The molecule has 28 heavy (non-hydrogen) atoms. The number of nitrogens with zero attached hydrogens (tertiary/aromatic N) is 3. The highest BCUT2D eigenvalue weighted by atomic mass is 32.1. The first-order valence-electron chi connectivity index (χ1n) is 9.27. The summed E-state index contributed by atoms with van der Waals surface area (Å²) in [5.41, 5.74) is 2.01. The molecule has 0 bridgehead atoms. The van der Waals surface area contributed by atoms with Gasteiger partial charge in [0.2, 0.25) is 5.00 Å². The number of anilines is 1. The number of hydrogen-bond acceptors (Lipinski definition) is 6. The Morgan fingerprint density at radius 2 is 2.00 bits per heavy atom. The Morgan fingerprint density at radius 3 is 2.64 bits per heavy atom. The first kappa shape index (κ1) is 18.5. The Morgan fingerprint density at radius 1 is 1.21 bits per heavy atom. The minimum atomic E-state index is 0.461. The lowest BCUT2D eigenvalue weighted by molar-refractivity contribution is 0.354. The summed E-state index contributed by atoms with van der Waals surface area (Å²) in [6, 6.07) is 6.31. The summed E-state index contributed by atoms with van der Waals surface area (Å²) >= 11 is 1.44. The number of aromatic nitrogens is 2. The van der Waals surface area contributed by atoms with Gasteiger partial charge in [0.15, 0.2) is 11.5 Å². The molecule has 3 aromatic rings. The van der Waals surface area contributed by atoms with Gasteiger partial charge in [0.1, 0.15) is 16.5 Å². The van der Waals surface area contributed by atoms with Gasteiger partial charge in [0.05, 0.1) is 20.8 Å². The van der Waals surface area contributed by atoms with E-state index in [9.17, 15) is 0 Å². The molecule has 1 aliphatic rings. The van der Waals surface area contributed by atoms with Gasteiger partial charge in [-0.25, -0.2) is 14.8 Å². The van der Waals surface area contributed by atoms with E-state index in [0.29, 0.717) is 29.0 Å². The van der Waals surface area contributed by atoms with Crippen LogP contribution in [0.15, 0.2) is 18.2 Å². The van der Waals surface area contributed by atoms with Gasteiger partial charge in [-0.15, -0.1) is 11.3 Å². The molecule has 0 unspecified atom stereocenters. The van der Waals surface area contributed by atoms with Gasteiger partial charge in [-0.3, -0.25) is 0 Å². The highest BCUT2D eigenvalue weighted by Gasteiger charge is 2.22. The standard InChI is InChI=1S/C21H22N4O2S/c1-12-18-19(23-14-6-5-7-14)24-17(25-21(18)28-20(12)22-2)11-13-8-9-15(26-3)16(10-13)27-4/h8-10,14H,5-7,11H2,1,3-4H3,(H,23,24,25). The molecule has 6 nitrogen and oxygen atoms in total. The van der Waals surface area contributed by atoms with Crippen molar-refractivity contribution in [2.45, 2.75) is 38.6 Å². The SMILES string of the molecule is [C-]#[N+]c1sc2nc(Cc3ccc(OC)c(OC)c3)nc(NC3CCC3)c2c1C. The van der Waals surface area contributed by atoms with Crippen molar-refractivity contribution in [3.63, 3.8) is 0 Å². The summed E-state index contributed by atoms with van der Waals surface area (Å²) in [4.78, 5) is 14.1. The molecule has 0 atom stereocenters. The van der Waals surface area contributed by atoms with Crippen LogP contribution in [0, 0.1) is 13.5 Å². The van der Waals surface area contributed by atoms with Crippen molar-refractivity contribution in [2.24, 2.45) is 0 Å². The maximum Gasteiger partial charge on any atom is 0.246 e. The average Bonchev–Trinajstić information content (AvgIpc) is 3.00. The summed E-state index contributed by atoms with van der Waals surface area (Å²) in [5, 5.41) is 5.24. The van der Waals surface area contributed by atoms with Crippen molar-refractivity contribution in [3.05, 3.63) is 46.6 Å². The number of rotatable bonds is 6. The average molecular weight is 395 g/mol. The number of thiophene rings is 1. The van der Waals surface area contributed by atoms with Crippen LogP contribution in [-0.4, -0.2) is 30.2 Å². The molecule has 2 heterocycles. The fraction of sp³-hybridized carbons (Fsp3) is 0.381. The Balaban J connectivity index is 1.74. The zero-order valence-electron chi connectivity index (χ0n) is 16.2. The fourth-order valence-corrected chi connectivity index (χ4v) is 4.37. The van der Waals surface area contributed by atoms with Crippen LogP contribution in [0.1, 0.15) is 36.2 Å². The van der Waals surface area contributed by atoms with E-state index in [0.717, 1.165) is 45.8 Å². The molecule has 1 fully saturated rings. The minimum Gasteiger partial charge on any atom is -0.493 e. The molecule has 144 valence electrons. The third-order valence-electron chi connectivity index (χ3n) is 5.17. The molecule has 1 N–H and O–H groups in total. The Bertz CT molecular complexity index is 1070. The molecule has 0 saturated heterocycles. The lowest BCUT2D eigenvalue weighted by Crippen LogP contribution is -2.27. The van der Waals surface area contributed by atoms with Crippen molar-refractivity contribution in [1.82, 2.24) is 9.97 Å². The lowest BCUT2D eigenvalue weighted by Gasteiger charge is -2.27. The largest absolute Gasteiger partial charge is 0.493 e. The number of benzene rings is 1. The molecule has 1 aromatic carbocycles. The molecule has 7 heteroatoms. The minimum absolute atomic E-state index is 0.461. The predicted octanol–water partition coefficient (Wildman–Crippen LogP) is 5.12. The van der Waals surface area contributed by atoms with Gasteiger partial charge >= 0.3 is 0 Å². The second-order valence-corrected chi connectivity index (χ2v) is 7.93. The maximum absolute atomic E-state index is 7.43. The summed E-state index contributed by atoms with van der Waals surface area (Å²) < 4.78 is 10.7. The summed E-state index contributed by atoms with van der Waals surface area (Å²) in [6.45, 7) is 9.42. The van der Waals surface area contributed by atoms with Crippen LogP contribution in [0.5, 0.6) is 11.5 Å². The lowest BCUT2D eigenvalue weighted by atomic mass is 9.93. The second kappa shape index (κ2) is 7.64. The number of fused-ring (bicyclic) bond motifs is 1. The Kier molecular flexibility index (Phi) is 5.05. The summed E-state index contributed by atoms with van der Waals surface area (Å²) in [7, 11) is 3.26. The normalized spacial score (nSPS) is 13.8. The highest BCUT2D eigenvalue weighted by Crippen LogP contribution is 2.40. The Labute approximate surface area is 168 Å². The van der Waals surface area contributed by atoms with E-state index in [1.807, 2.05) is 25.1 Å². The molecule has 2 aromatic heterocycles. The van der Waals surface area contributed by atoms with E-state index < -0.39 is 0 Å². The Hall–Kier alpha value is -2.85. The molecule has 4 rings (SSSR count). The highest BCUT2D eigenvalue weighted by molar-refractivity contribution is 7.22. The van der Waals surface area contributed by atoms with E-state index in [1.165, 1.54) is 17.8 Å². The van der Waals surface area contributed by atoms with Crippen molar-refractivity contribution in [2.75, 3.05) is 19.5 Å². The van der Waals surface area contributed by atoms with Crippen LogP contribution in [0.2, 0.25) is 0 Å². The van der Waals surface area contributed by atoms with Crippen LogP contribution in [-0.2, 0) is 6.42 Å². The van der Waals surface area contributed by atoms with Gasteiger partial charge in [0.25, 0.3) is 0 Å². The molecule has 0 aliphatic heterocycles. The van der Waals surface area contributed by atoms with Gasteiger partial charge < -0.3 is 14.8 Å². The van der Waals surface area contributed by atoms with E-state index in [1.54, 1.807) is 14.2 Å². The number of hydrogen-bond donors (Lipinski definition) is 1. The van der Waals surface area contributed by atoms with Crippen molar-refractivity contribution >= 4 is 32.4 Å². The van der Waals surface area contributed by atoms with Crippen LogP contribution in [0.4, 0.5) is 10.8 Å². The van der Waals surface area contributed by atoms with Crippen LogP contribution in [0.3, 0.4) is 0 Å². The van der Waals surface area contributed by atoms with Crippen molar-refractivity contribution < 1.29 is 9.47 Å². The van der Waals surface area contributed by atoms with E-state index in [-0.39, 0.29) is 0 Å². The molecular weight excluding hydrogens is 372 g/mol. The zero-order valence-corrected chi connectivity index (χ0v) is 17.0. The number of aryl methyl sites for hydroxylation is 1. The maximum atomic E-state index is 7.43. The molecule has 0 spiro atoms. The number of nitrogens with one attached hydrogen (secondary N) is 1. The van der Waals surface area contributed by atoms with Gasteiger partial charge in [-0.05, 0) is 49.4 Å². The van der Waals surface area contributed by atoms with Gasteiger partial charge in [-0.2, -0.15) is 0 Å². The smallest absolute Gasteiger partial charge is 0.246 e. The monoisotopic (exact) mass is 394 g/mol. The van der Waals surface area contributed by atoms with Crippen molar-refractivity contribution in [1.29, 1.82) is 0 Å². The predicted molar refractivity (Wildman–Crippen MR) is 112 cm³/mol. The van der Waals surface area contributed by atoms with Crippen LogP contribution < -0.4 is 14.8 Å². The summed E-state index contributed by atoms with van der Waals surface area (Å²) in [6.07, 6.45) is 4.16. The zero-order chi connectivity index (χ0) is 19.7. The quantitative estimate of drug-likeness (QED) is 0.588. The van der Waals surface area contributed by atoms with Crippen LogP contribution in [0.25, 0.3) is 15.1 Å². The second-order valence-electron chi connectivity index (χ2n) is 6.95. The van der Waals surface area contributed by atoms with E-state index in [2.05, 4.69) is 10.2 Å². The molecular formula is C21H22N4O2S. The fourth-order valence-electron chi connectivity index (χ4n) is 3.38. The number of ether oxygens (including phenoxy) is 2. The van der Waals surface area contributed by atoms with Gasteiger partial charge in [0, 0.05) is 17.8 Å². The topological polar surface area (TPSA) is 60.6 Å².